The molecule has 1 aromatic rings. The maximum Gasteiger partial charge on any atom is 0.328 e. The Balaban J connectivity index is 2.58. The first-order valence-electron chi connectivity index (χ1n) is 5.75. The maximum absolute atomic E-state index is 11.8. The number of rotatable bonds is 6. The number of hydrogen-bond acceptors (Lipinski definition) is 4. The minimum Gasteiger partial charge on any atom is -0.478 e. The van der Waals surface area contributed by atoms with Gasteiger partial charge in [0.1, 0.15) is 0 Å². The highest BCUT2D eigenvalue weighted by atomic mass is 32.1. The van der Waals surface area contributed by atoms with Gasteiger partial charge in [-0.15, -0.1) is 11.3 Å². The van der Waals surface area contributed by atoms with Gasteiger partial charge < -0.3 is 14.9 Å². The molecule has 1 heterocycles. The van der Waals surface area contributed by atoms with Crippen molar-refractivity contribution >= 4 is 29.3 Å². The van der Waals surface area contributed by atoms with E-state index in [-0.39, 0.29) is 5.91 Å². The SMILES string of the molecule is CN(C)CC(=O)N(C)Cc1cc(/C=C/C(=O)O)cs1. The van der Waals surface area contributed by atoms with Crippen LogP contribution in [0.2, 0.25) is 0 Å². The number of thiophene rings is 1. The molecule has 1 rings (SSSR count). The Morgan fingerprint density at radius 1 is 1.37 bits per heavy atom. The van der Waals surface area contributed by atoms with Gasteiger partial charge in [-0.05, 0) is 37.2 Å². The predicted molar refractivity (Wildman–Crippen MR) is 76.0 cm³/mol. The summed E-state index contributed by atoms with van der Waals surface area (Å²) in [7, 11) is 5.47. The largest absolute Gasteiger partial charge is 0.478 e. The quantitative estimate of drug-likeness (QED) is 0.800. The number of carboxylic acid groups (broad SMARTS) is 1. The number of likely N-dealkylation sites (N-methyl/N-ethyl adjacent to an activating group) is 2. The highest BCUT2D eigenvalue weighted by Crippen LogP contribution is 2.17. The highest BCUT2D eigenvalue weighted by Gasteiger charge is 2.11. The summed E-state index contributed by atoms with van der Waals surface area (Å²) >= 11 is 1.51. The zero-order valence-electron chi connectivity index (χ0n) is 11.3. The van der Waals surface area contributed by atoms with Crippen LogP contribution in [0.15, 0.2) is 17.5 Å². The average molecular weight is 282 g/mol. The van der Waals surface area contributed by atoms with Crippen molar-refractivity contribution in [1.29, 1.82) is 0 Å². The molecule has 0 saturated carbocycles. The molecular weight excluding hydrogens is 264 g/mol. The average Bonchev–Trinajstić information content (AvgIpc) is 2.73. The first-order chi connectivity index (χ1) is 8.88. The molecule has 0 aliphatic carbocycles. The Morgan fingerprint density at radius 3 is 2.63 bits per heavy atom. The molecule has 0 aliphatic heterocycles. The fourth-order valence-corrected chi connectivity index (χ4v) is 2.36. The standard InChI is InChI=1S/C13H18N2O3S/c1-14(2)8-12(16)15(3)7-11-6-10(9-19-11)4-5-13(17)18/h4-6,9H,7-8H2,1-3H3,(H,17,18)/b5-4+. The van der Waals surface area contributed by atoms with Crippen molar-refractivity contribution in [3.8, 4) is 0 Å². The van der Waals surface area contributed by atoms with Crippen molar-refractivity contribution < 1.29 is 14.7 Å². The fourth-order valence-electron chi connectivity index (χ4n) is 1.45. The number of carboxylic acids is 1. The maximum atomic E-state index is 11.8. The van der Waals surface area contributed by atoms with Crippen molar-refractivity contribution in [3.05, 3.63) is 28.0 Å². The molecule has 104 valence electrons. The van der Waals surface area contributed by atoms with E-state index in [1.165, 1.54) is 11.3 Å². The molecule has 6 heteroatoms. The van der Waals surface area contributed by atoms with E-state index in [0.29, 0.717) is 13.1 Å². The first-order valence-corrected chi connectivity index (χ1v) is 6.63. The van der Waals surface area contributed by atoms with Crippen LogP contribution in [-0.2, 0) is 16.1 Å². The smallest absolute Gasteiger partial charge is 0.328 e. The van der Waals surface area contributed by atoms with Gasteiger partial charge in [0.2, 0.25) is 5.91 Å². The van der Waals surface area contributed by atoms with Crippen LogP contribution in [0.5, 0.6) is 0 Å². The summed E-state index contributed by atoms with van der Waals surface area (Å²) in [4.78, 5) is 26.7. The number of carbonyl (C=O) groups excluding carboxylic acids is 1. The van der Waals surface area contributed by atoms with Gasteiger partial charge in [-0.3, -0.25) is 4.79 Å². The molecule has 0 unspecified atom stereocenters. The molecule has 0 fully saturated rings. The van der Waals surface area contributed by atoms with Crippen LogP contribution in [0.4, 0.5) is 0 Å². The second kappa shape index (κ2) is 7.06. The van der Waals surface area contributed by atoms with E-state index in [4.69, 9.17) is 5.11 Å². The molecule has 0 saturated heterocycles. The molecule has 1 amide bonds. The molecule has 1 aromatic heterocycles. The summed E-state index contributed by atoms with van der Waals surface area (Å²) in [5.41, 5.74) is 0.843. The van der Waals surface area contributed by atoms with Crippen molar-refractivity contribution in [1.82, 2.24) is 9.80 Å². The normalized spacial score (nSPS) is 11.2. The lowest BCUT2D eigenvalue weighted by atomic mass is 10.3. The molecule has 0 spiro atoms. The fraction of sp³-hybridized carbons (Fsp3) is 0.385. The Hall–Kier alpha value is -1.66. The van der Waals surface area contributed by atoms with E-state index in [2.05, 4.69) is 0 Å². The monoisotopic (exact) mass is 282 g/mol. The molecule has 0 atom stereocenters. The third-order valence-electron chi connectivity index (χ3n) is 2.36. The number of aliphatic carboxylic acids is 1. The predicted octanol–water partition coefficient (Wildman–Crippen LogP) is 1.37. The zero-order valence-corrected chi connectivity index (χ0v) is 12.1. The van der Waals surface area contributed by atoms with Gasteiger partial charge in [-0.2, -0.15) is 0 Å². The van der Waals surface area contributed by atoms with Gasteiger partial charge in [0.15, 0.2) is 0 Å². The van der Waals surface area contributed by atoms with Crippen LogP contribution in [0, 0.1) is 0 Å². The van der Waals surface area contributed by atoms with Crippen LogP contribution in [0.25, 0.3) is 6.08 Å². The van der Waals surface area contributed by atoms with Crippen LogP contribution >= 0.6 is 11.3 Å². The van der Waals surface area contributed by atoms with E-state index in [9.17, 15) is 9.59 Å². The lowest BCUT2D eigenvalue weighted by molar-refractivity contribution is -0.132. The lowest BCUT2D eigenvalue weighted by Crippen LogP contribution is -2.34. The summed E-state index contributed by atoms with van der Waals surface area (Å²) in [6.45, 7) is 0.923. The summed E-state index contributed by atoms with van der Waals surface area (Å²) in [5.74, 6) is -0.910. The summed E-state index contributed by atoms with van der Waals surface area (Å²) < 4.78 is 0. The molecule has 19 heavy (non-hydrogen) atoms. The van der Waals surface area contributed by atoms with Gasteiger partial charge in [-0.25, -0.2) is 4.79 Å². The Kier molecular flexibility index (Phi) is 5.72. The van der Waals surface area contributed by atoms with Crippen LogP contribution < -0.4 is 0 Å². The molecule has 0 aliphatic rings. The van der Waals surface area contributed by atoms with Gasteiger partial charge in [0.05, 0.1) is 13.1 Å². The zero-order chi connectivity index (χ0) is 14.4. The molecule has 1 N–H and O–H groups in total. The minimum atomic E-state index is -0.967. The third-order valence-corrected chi connectivity index (χ3v) is 3.30. The van der Waals surface area contributed by atoms with Crippen molar-refractivity contribution in [3.63, 3.8) is 0 Å². The van der Waals surface area contributed by atoms with Crippen LogP contribution in [0.1, 0.15) is 10.4 Å². The number of amides is 1. The van der Waals surface area contributed by atoms with Crippen molar-refractivity contribution in [2.24, 2.45) is 0 Å². The molecule has 5 nitrogen and oxygen atoms in total. The second-order valence-corrected chi connectivity index (χ2v) is 5.50. The Bertz CT molecular complexity index is 480. The van der Waals surface area contributed by atoms with E-state index >= 15 is 0 Å². The van der Waals surface area contributed by atoms with E-state index in [0.717, 1.165) is 16.5 Å². The van der Waals surface area contributed by atoms with E-state index in [1.807, 2.05) is 30.4 Å². The summed E-state index contributed by atoms with van der Waals surface area (Å²) in [6, 6.07) is 1.89. The van der Waals surface area contributed by atoms with Crippen molar-refractivity contribution in [2.75, 3.05) is 27.7 Å². The van der Waals surface area contributed by atoms with Crippen molar-refractivity contribution in [2.45, 2.75) is 6.54 Å². The molecule has 0 bridgehead atoms. The van der Waals surface area contributed by atoms with Gasteiger partial charge in [0, 0.05) is 18.0 Å². The van der Waals surface area contributed by atoms with E-state index in [1.54, 1.807) is 18.0 Å². The summed E-state index contributed by atoms with van der Waals surface area (Å²) in [6.07, 6.45) is 2.65. The van der Waals surface area contributed by atoms with Crippen LogP contribution in [0.3, 0.4) is 0 Å². The first kappa shape index (κ1) is 15.4. The minimum absolute atomic E-state index is 0.0565. The van der Waals surface area contributed by atoms with Gasteiger partial charge >= 0.3 is 5.97 Å². The number of hydrogen-bond donors (Lipinski definition) is 1. The number of carbonyl (C=O) groups is 2. The Morgan fingerprint density at radius 2 is 2.05 bits per heavy atom. The number of nitrogens with zero attached hydrogens (tertiary/aromatic N) is 2. The van der Waals surface area contributed by atoms with Gasteiger partial charge in [0.25, 0.3) is 0 Å². The second-order valence-electron chi connectivity index (χ2n) is 4.51. The molecule has 0 radical (unpaired) electrons. The van der Waals surface area contributed by atoms with E-state index < -0.39 is 5.97 Å². The lowest BCUT2D eigenvalue weighted by Gasteiger charge is -2.18. The highest BCUT2D eigenvalue weighted by molar-refractivity contribution is 7.10. The molecule has 0 aromatic carbocycles. The Labute approximate surface area is 116 Å². The molecular formula is C13H18N2O3S. The topological polar surface area (TPSA) is 60.9 Å². The van der Waals surface area contributed by atoms with Gasteiger partial charge in [-0.1, -0.05) is 0 Å². The summed E-state index contributed by atoms with van der Waals surface area (Å²) in [5, 5.41) is 10.4. The third kappa shape index (κ3) is 5.67. The van der Waals surface area contributed by atoms with Crippen LogP contribution in [-0.4, -0.2) is 54.5 Å².